The van der Waals surface area contributed by atoms with E-state index in [1.165, 1.54) is 0 Å². The highest BCUT2D eigenvalue weighted by Gasteiger charge is 2.21. The molecule has 0 aliphatic heterocycles. The zero-order valence-electron chi connectivity index (χ0n) is 8.53. The smallest absolute Gasteiger partial charge is 0.247 e. The van der Waals surface area contributed by atoms with Crippen molar-refractivity contribution in [2.75, 3.05) is 5.73 Å². The Balaban J connectivity index is 2.63. The zero-order chi connectivity index (χ0) is 10.3. The largest absolute Gasteiger partial charge is 0.422 e. The molecule has 0 aliphatic rings. The summed E-state index contributed by atoms with van der Waals surface area (Å²) < 4.78 is 5.51. The Morgan fingerprint density at radius 3 is 2.71 bits per heavy atom. The maximum absolute atomic E-state index is 5.60. The van der Waals surface area contributed by atoms with Crippen LogP contribution in [0.15, 0.2) is 16.7 Å². The van der Waals surface area contributed by atoms with Crippen LogP contribution in [0.1, 0.15) is 26.7 Å². The van der Waals surface area contributed by atoms with E-state index in [1.807, 2.05) is 20.8 Å². The van der Waals surface area contributed by atoms with Gasteiger partial charge in [0.2, 0.25) is 11.6 Å². The van der Waals surface area contributed by atoms with E-state index >= 15 is 0 Å². The average Bonchev–Trinajstić information content (AvgIpc) is 2.45. The first-order chi connectivity index (χ1) is 6.47. The molecule has 0 amide bonds. The van der Waals surface area contributed by atoms with Crippen molar-refractivity contribution in [2.24, 2.45) is 0 Å². The van der Waals surface area contributed by atoms with E-state index in [2.05, 4.69) is 9.97 Å². The van der Waals surface area contributed by atoms with Crippen molar-refractivity contribution in [3.63, 3.8) is 0 Å². The van der Waals surface area contributed by atoms with Gasteiger partial charge in [0.15, 0.2) is 0 Å². The summed E-state index contributed by atoms with van der Waals surface area (Å²) in [5, 5.41) is 0. The van der Waals surface area contributed by atoms with E-state index in [1.54, 1.807) is 12.3 Å². The molecule has 0 fully saturated rings. The van der Waals surface area contributed by atoms with Crippen molar-refractivity contribution in [3.8, 4) is 0 Å². The monoisotopic (exact) mass is 191 g/mol. The van der Waals surface area contributed by atoms with Crippen molar-refractivity contribution in [1.29, 1.82) is 0 Å². The van der Waals surface area contributed by atoms with Gasteiger partial charge in [-0.15, -0.1) is 0 Å². The summed E-state index contributed by atoms with van der Waals surface area (Å²) in [6, 6.07) is 1.76. The number of nitrogens with two attached hydrogens (primary N) is 1. The third kappa shape index (κ3) is 1.43. The highest BCUT2D eigenvalue weighted by atomic mass is 16.4. The lowest BCUT2D eigenvalue weighted by Crippen LogP contribution is -2.10. The first-order valence-electron chi connectivity index (χ1n) is 4.49. The van der Waals surface area contributed by atoms with Crippen molar-refractivity contribution in [2.45, 2.75) is 26.2 Å². The molecule has 2 aromatic rings. The molecule has 0 aliphatic carbocycles. The number of anilines is 1. The van der Waals surface area contributed by atoms with Gasteiger partial charge in [0, 0.05) is 5.41 Å². The van der Waals surface area contributed by atoms with E-state index in [-0.39, 0.29) is 5.41 Å². The number of hydrogen-bond donors (Lipinski definition) is 1. The second-order valence-electron chi connectivity index (χ2n) is 4.36. The van der Waals surface area contributed by atoms with Crippen LogP contribution in [0.5, 0.6) is 0 Å². The van der Waals surface area contributed by atoms with E-state index in [0.29, 0.717) is 17.3 Å². The van der Waals surface area contributed by atoms with Gasteiger partial charge in [-0.2, -0.15) is 0 Å². The molecule has 0 aromatic carbocycles. The number of fused-ring (bicyclic) bond motifs is 1. The second kappa shape index (κ2) is 2.70. The molecule has 4 nitrogen and oxygen atoms in total. The Labute approximate surface area is 82.1 Å². The summed E-state index contributed by atoms with van der Waals surface area (Å²) in [6.45, 7) is 6.13. The first kappa shape index (κ1) is 8.99. The summed E-state index contributed by atoms with van der Waals surface area (Å²) in [5.41, 5.74) is 7.36. The van der Waals surface area contributed by atoms with Gasteiger partial charge in [0.25, 0.3) is 0 Å². The zero-order valence-corrected chi connectivity index (χ0v) is 8.53. The predicted octanol–water partition coefficient (Wildman–Crippen LogP) is 2.10. The lowest BCUT2D eigenvalue weighted by molar-refractivity contribution is 0.407. The summed E-state index contributed by atoms with van der Waals surface area (Å²) in [7, 11) is 0. The van der Waals surface area contributed by atoms with E-state index in [0.717, 1.165) is 5.52 Å². The Morgan fingerprint density at radius 2 is 2.07 bits per heavy atom. The highest BCUT2D eigenvalue weighted by molar-refractivity contribution is 5.71. The van der Waals surface area contributed by atoms with Crippen LogP contribution in [0.3, 0.4) is 0 Å². The molecule has 2 rings (SSSR count). The third-order valence-electron chi connectivity index (χ3n) is 1.91. The molecule has 2 N–H and O–H groups in total. The van der Waals surface area contributed by atoms with Gasteiger partial charge in [-0.1, -0.05) is 20.8 Å². The highest BCUT2D eigenvalue weighted by Crippen LogP contribution is 2.25. The first-order valence-corrected chi connectivity index (χ1v) is 4.49. The molecule has 0 atom stereocenters. The molecule has 2 aromatic heterocycles. The van der Waals surface area contributed by atoms with Crippen LogP contribution >= 0.6 is 0 Å². The summed E-state index contributed by atoms with van der Waals surface area (Å²) in [5.74, 6) is 0.686. The molecular weight excluding hydrogens is 178 g/mol. The van der Waals surface area contributed by atoms with Gasteiger partial charge >= 0.3 is 0 Å². The Hall–Kier alpha value is -1.58. The van der Waals surface area contributed by atoms with Crippen molar-refractivity contribution in [3.05, 3.63) is 18.2 Å². The quantitative estimate of drug-likeness (QED) is 0.692. The number of aromatic nitrogens is 2. The van der Waals surface area contributed by atoms with Crippen LogP contribution in [0.2, 0.25) is 0 Å². The number of nitrogens with zero attached hydrogens (tertiary/aromatic N) is 2. The second-order valence-corrected chi connectivity index (χ2v) is 4.36. The Kier molecular flexibility index (Phi) is 1.74. The van der Waals surface area contributed by atoms with Crippen LogP contribution in [0, 0.1) is 0 Å². The van der Waals surface area contributed by atoms with Gasteiger partial charge in [-0.25, -0.2) is 9.97 Å². The minimum Gasteiger partial charge on any atom is -0.422 e. The van der Waals surface area contributed by atoms with Crippen LogP contribution in [-0.4, -0.2) is 9.97 Å². The number of pyridine rings is 1. The fourth-order valence-electron chi connectivity index (χ4n) is 1.16. The maximum atomic E-state index is 5.60. The predicted molar refractivity (Wildman–Crippen MR) is 54.9 cm³/mol. The molecule has 74 valence electrons. The van der Waals surface area contributed by atoms with Crippen molar-refractivity contribution < 1.29 is 4.42 Å². The number of nitrogen functional groups attached to an aromatic ring is 1. The summed E-state index contributed by atoms with van der Waals surface area (Å²) >= 11 is 0. The molecule has 2 heterocycles. The van der Waals surface area contributed by atoms with E-state index < -0.39 is 0 Å². The molecule has 0 radical (unpaired) electrons. The summed E-state index contributed by atoms with van der Waals surface area (Å²) in [6.07, 6.45) is 1.57. The van der Waals surface area contributed by atoms with Crippen LogP contribution < -0.4 is 5.73 Å². The fourth-order valence-corrected chi connectivity index (χ4v) is 1.16. The maximum Gasteiger partial charge on any atom is 0.247 e. The van der Waals surface area contributed by atoms with Crippen LogP contribution in [0.25, 0.3) is 11.2 Å². The topological polar surface area (TPSA) is 64.9 Å². The third-order valence-corrected chi connectivity index (χ3v) is 1.91. The minimum absolute atomic E-state index is 0.102. The van der Waals surface area contributed by atoms with Crippen LogP contribution in [0.4, 0.5) is 5.69 Å². The minimum atomic E-state index is -0.102. The Morgan fingerprint density at radius 1 is 1.36 bits per heavy atom. The number of hydrogen-bond acceptors (Lipinski definition) is 4. The van der Waals surface area contributed by atoms with Gasteiger partial charge in [0.05, 0.1) is 11.9 Å². The number of oxazole rings is 1. The molecule has 0 bridgehead atoms. The summed E-state index contributed by atoms with van der Waals surface area (Å²) in [4.78, 5) is 8.40. The lowest BCUT2D eigenvalue weighted by Gasteiger charge is -2.11. The SMILES string of the molecule is CC(C)(C)c1nc2cc(N)cnc2o1. The lowest BCUT2D eigenvalue weighted by atomic mass is 9.97. The Bertz CT molecular complexity index is 468. The molecular formula is C10H13N3O. The normalized spacial score (nSPS) is 12.2. The molecule has 0 spiro atoms. The molecule has 0 saturated carbocycles. The fraction of sp³-hybridized carbons (Fsp3) is 0.400. The van der Waals surface area contributed by atoms with Gasteiger partial charge in [-0.3, -0.25) is 0 Å². The molecule has 4 heteroatoms. The van der Waals surface area contributed by atoms with Crippen molar-refractivity contribution in [1.82, 2.24) is 9.97 Å². The van der Waals surface area contributed by atoms with Crippen molar-refractivity contribution >= 4 is 16.9 Å². The molecule has 0 saturated heterocycles. The molecule has 14 heavy (non-hydrogen) atoms. The van der Waals surface area contributed by atoms with E-state index in [9.17, 15) is 0 Å². The van der Waals surface area contributed by atoms with Gasteiger partial charge < -0.3 is 10.2 Å². The standard InChI is InChI=1S/C10H13N3O/c1-10(2,3)9-13-7-4-6(11)5-12-8(7)14-9/h4-5H,11H2,1-3H3. The van der Waals surface area contributed by atoms with E-state index in [4.69, 9.17) is 10.2 Å². The average molecular weight is 191 g/mol. The number of rotatable bonds is 0. The van der Waals surface area contributed by atoms with Gasteiger partial charge in [-0.05, 0) is 6.07 Å². The molecule has 0 unspecified atom stereocenters. The van der Waals surface area contributed by atoms with Gasteiger partial charge in [0.1, 0.15) is 5.52 Å². The van der Waals surface area contributed by atoms with Crippen LogP contribution in [-0.2, 0) is 5.41 Å².